The zero-order valence-electron chi connectivity index (χ0n) is 19.0. The van der Waals surface area contributed by atoms with Gasteiger partial charge in [0.25, 0.3) is 5.91 Å². The average molecular weight is 463 g/mol. The maximum Gasteiger partial charge on any atom is 0.416 e. The molecule has 2 aromatic carbocycles. The summed E-state index contributed by atoms with van der Waals surface area (Å²) in [5, 5.41) is 2.90. The highest BCUT2D eigenvalue weighted by atomic mass is 19.4. The molecule has 1 aliphatic rings. The molecule has 1 N–H and O–H groups in total. The van der Waals surface area contributed by atoms with Gasteiger partial charge in [0, 0.05) is 31.1 Å². The number of hydrogen-bond acceptors (Lipinski definition) is 3. The second-order valence-electron chi connectivity index (χ2n) is 8.75. The Morgan fingerprint density at radius 2 is 1.82 bits per heavy atom. The SMILES string of the molecule is COc1ccc(C(=O)N2C[C@H](c3cccc(C(F)(F)F)c3)[C@H](C(=O)NCCC(C)C)C2)cc1. The van der Waals surface area contributed by atoms with E-state index in [9.17, 15) is 22.8 Å². The molecule has 2 atom stereocenters. The molecule has 8 heteroatoms. The molecule has 0 unspecified atom stereocenters. The largest absolute Gasteiger partial charge is 0.497 e. The zero-order valence-corrected chi connectivity index (χ0v) is 19.0. The highest BCUT2D eigenvalue weighted by molar-refractivity contribution is 5.95. The van der Waals surface area contributed by atoms with Crippen LogP contribution in [0.5, 0.6) is 5.75 Å². The van der Waals surface area contributed by atoms with Gasteiger partial charge in [0.1, 0.15) is 5.75 Å². The molecule has 1 saturated heterocycles. The minimum atomic E-state index is -4.48. The van der Waals surface area contributed by atoms with Gasteiger partial charge in [0.2, 0.25) is 5.91 Å². The first kappa shape index (κ1) is 24.6. The van der Waals surface area contributed by atoms with Crippen molar-refractivity contribution >= 4 is 11.8 Å². The summed E-state index contributed by atoms with van der Waals surface area (Å²) in [7, 11) is 1.53. The van der Waals surface area contributed by atoms with Crippen molar-refractivity contribution < 1.29 is 27.5 Å². The molecule has 1 heterocycles. The molecule has 0 spiro atoms. The monoisotopic (exact) mass is 462 g/mol. The van der Waals surface area contributed by atoms with Crippen LogP contribution in [0.4, 0.5) is 13.2 Å². The van der Waals surface area contributed by atoms with E-state index in [1.807, 2.05) is 13.8 Å². The van der Waals surface area contributed by atoms with E-state index in [2.05, 4.69) is 5.32 Å². The van der Waals surface area contributed by atoms with E-state index in [0.29, 0.717) is 29.3 Å². The summed E-state index contributed by atoms with van der Waals surface area (Å²) in [5.74, 6) is -0.676. The fourth-order valence-electron chi connectivity index (χ4n) is 4.05. The van der Waals surface area contributed by atoms with Gasteiger partial charge in [0.15, 0.2) is 0 Å². The Bertz CT molecular complexity index is 974. The predicted octanol–water partition coefficient (Wildman–Crippen LogP) is 4.73. The number of likely N-dealkylation sites (tertiary alicyclic amines) is 1. The summed E-state index contributed by atoms with van der Waals surface area (Å²) in [5.41, 5.74) is 0.0669. The Labute approximate surface area is 191 Å². The molecular formula is C25H29F3N2O3. The van der Waals surface area contributed by atoms with Crippen LogP contribution in [0.25, 0.3) is 0 Å². The lowest BCUT2D eigenvalue weighted by molar-refractivity contribution is -0.137. The lowest BCUT2D eigenvalue weighted by Gasteiger charge is -2.19. The Kier molecular flexibility index (Phi) is 7.66. The van der Waals surface area contributed by atoms with E-state index in [4.69, 9.17) is 4.74 Å². The van der Waals surface area contributed by atoms with E-state index in [0.717, 1.165) is 18.6 Å². The fraction of sp³-hybridized carbons (Fsp3) is 0.440. The summed E-state index contributed by atoms with van der Waals surface area (Å²) in [6.45, 7) is 4.87. The lowest BCUT2D eigenvalue weighted by Crippen LogP contribution is -2.36. The number of carbonyl (C=O) groups excluding carboxylic acids is 2. The number of nitrogens with zero attached hydrogens (tertiary/aromatic N) is 1. The number of amides is 2. The topological polar surface area (TPSA) is 58.6 Å². The third kappa shape index (κ3) is 6.06. The van der Waals surface area contributed by atoms with Crippen LogP contribution in [0.3, 0.4) is 0 Å². The van der Waals surface area contributed by atoms with Gasteiger partial charge in [-0.25, -0.2) is 0 Å². The molecule has 0 bridgehead atoms. The molecule has 178 valence electrons. The maximum atomic E-state index is 13.3. The van der Waals surface area contributed by atoms with Crippen molar-refractivity contribution in [2.75, 3.05) is 26.7 Å². The Morgan fingerprint density at radius 3 is 2.42 bits per heavy atom. The summed E-state index contributed by atoms with van der Waals surface area (Å²) in [4.78, 5) is 27.6. The molecule has 0 aromatic heterocycles. The van der Waals surface area contributed by atoms with E-state index in [1.165, 1.54) is 13.2 Å². The number of carbonyl (C=O) groups is 2. The van der Waals surface area contributed by atoms with Gasteiger partial charge < -0.3 is 15.0 Å². The van der Waals surface area contributed by atoms with Gasteiger partial charge in [-0.1, -0.05) is 32.0 Å². The minimum absolute atomic E-state index is 0.138. The smallest absolute Gasteiger partial charge is 0.416 e. The first-order valence-corrected chi connectivity index (χ1v) is 11.0. The van der Waals surface area contributed by atoms with Crippen molar-refractivity contribution in [2.45, 2.75) is 32.4 Å². The molecule has 0 aliphatic carbocycles. The van der Waals surface area contributed by atoms with Gasteiger partial charge >= 0.3 is 6.18 Å². The van der Waals surface area contributed by atoms with Crippen LogP contribution in [-0.4, -0.2) is 43.5 Å². The molecule has 2 amide bonds. The van der Waals surface area contributed by atoms with Crippen molar-refractivity contribution in [2.24, 2.45) is 11.8 Å². The normalized spacial score (nSPS) is 18.5. The molecular weight excluding hydrogens is 433 g/mol. The molecule has 0 saturated carbocycles. The molecule has 1 aliphatic heterocycles. The highest BCUT2D eigenvalue weighted by Gasteiger charge is 2.41. The van der Waals surface area contributed by atoms with Crippen molar-refractivity contribution in [1.82, 2.24) is 10.2 Å². The van der Waals surface area contributed by atoms with E-state index in [-0.39, 0.29) is 24.9 Å². The fourth-order valence-corrected chi connectivity index (χ4v) is 4.05. The second kappa shape index (κ2) is 10.3. The number of alkyl halides is 3. The molecule has 2 aromatic rings. The second-order valence-corrected chi connectivity index (χ2v) is 8.75. The zero-order chi connectivity index (χ0) is 24.2. The Balaban J connectivity index is 1.86. The summed E-state index contributed by atoms with van der Waals surface area (Å²) in [6.07, 6.45) is -3.69. The summed E-state index contributed by atoms with van der Waals surface area (Å²) >= 11 is 0. The number of methoxy groups -OCH3 is 1. The predicted molar refractivity (Wildman–Crippen MR) is 119 cm³/mol. The van der Waals surface area contributed by atoms with Crippen LogP contribution >= 0.6 is 0 Å². The van der Waals surface area contributed by atoms with Crippen LogP contribution in [-0.2, 0) is 11.0 Å². The standard InChI is InChI=1S/C25H29F3N2O3/c1-16(2)11-12-29-23(31)22-15-30(24(32)17-7-9-20(33-3)10-8-17)14-21(22)18-5-4-6-19(13-18)25(26,27)28/h4-10,13,16,21-22H,11-12,14-15H2,1-3H3,(H,29,31)/t21-,22-/m1/s1. The van der Waals surface area contributed by atoms with Gasteiger partial charge in [0.05, 0.1) is 18.6 Å². The third-order valence-electron chi connectivity index (χ3n) is 5.94. The summed E-state index contributed by atoms with van der Waals surface area (Å²) in [6, 6.07) is 11.6. The number of nitrogens with one attached hydrogen (secondary N) is 1. The molecule has 33 heavy (non-hydrogen) atoms. The number of rotatable bonds is 7. The van der Waals surface area contributed by atoms with Crippen molar-refractivity contribution in [3.63, 3.8) is 0 Å². The van der Waals surface area contributed by atoms with Gasteiger partial charge in [-0.3, -0.25) is 9.59 Å². The third-order valence-corrected chi connectivity index (χ3v) is 5.94. The van der Waals surface area contributed by atoms with Gasteiger partial charge in [-0.05, 0) is 48.2 Å². The van der Waals surface area contributed by atoms with Crippen LogP contribution in [0.1, 0.15) is 47.7 Å². The van der Waals surface area contributed by atoms with Gasteiger partial charge in [-0.15, -0.1) is 0 Å². The average Bonchev–Trinajstić information content (AvgIpc) is 3.23. The lowest BCUT2D eigenvalue weighted by atomic mass is 9.87. The number of hydrogen-bond donors (Lipinski definition) is 1. The number of benzene rings is 2. The van der Waals surface area contributed by atoms with Gasteiger partial charge in [-0.2, -0.15) is 13.2 Å². The first-order chi connectivity index (χ1) is 15.6. The molecule has 5 nitrogen and oxygen atoms in total. The quantitative estimate of drug-likeness (QED) is 0.647. The van der Waals surface area contributed by atoms with E-state index in [1.54, 1.807) is 35.2 Å². The highest BCUT2D eigenvalue weighted by Crippen LogP contribution is 2.37. The van der Waals surface area contributed by atoms with Crippen molar-refractivity contribution in [3.05, 3.63) is 65.2 Å². The molecule has 1 fully saturated rings. The number of ether oxygens (including phenoxy) is 1. The van der Waals surface area contributed by atoms with Crippen LogP contribution in [0.15, 0.2) is 48.5 Å². The Hall–Kier alpha value is -3.03. The van der Waals surface area contributed by atoms with E-state index < -0.39 is 23.6 Å². The Morgan fingerprint density at radius 1 is 1.12 bits per heavy atom. The van der Waals surface area contributed by atoms with Crippen LogP contribution in [0.2, 0.25) is 0 Å². The summed E-state index contributed by atoms with van der Waals surface area (Å²) < 4.78 is 45.0. The minimum Gasteiger partial charge on any atom is -0.497 e. The van der Waals surface area contributed by atoms with Crippen LogP contribution in [0, 0.1) is 11.8 Å². The van der Waals surface area contributed by atoms with Crippen molar-refractivity contribution in [1.29, 1.82) is 0 Å². The van der Waals surface area contributed by atoms with Crippen LogP contribution < -0.4 is 10.1 Å². The molecule has 0 radical (unpaired) electrons. The van der Waals surface area contributed by atoms with Crippen molar-refractivity contribution in [3.8, 4) is 5.75 Å². The van der Waals surface area contributed by atoms with E-state index >= 15 is 0 Å². The first-order valence-electron chi connectivity index (χ1n) is 11.0. The molecule has 3 rings (SSSR count). The maximum absolute atomic E-state index is 13.3. The number of halogens is 3.